The quantitative estimate of drug-likeness (QED) is 0.182. The second kappa shape index (κ2) is 17.3. The lowest BCUT2D eigenvalue weighted by atomic mass is 10.1. The number of ether oxygens (including phenoxy) is 6. The van der Waals surface area contributed by atoms with Crippen LogP contribution in [0, 0.1) is 0 Å². The number of imidazole rings is 1. The number of carbonyl (C=O) groups excluding carboxylic acids is 2. The van der Waals surface area contributed by atoms with Crippen molar-refractivity contribution >= 4 is 24.0 Å². The molecule has 1 aromatic heterocycles. The first-order valence-corrected chi connectivity index (χ1v) is 15.2. The molecule has 2 amide bonds. The number of benzene rings is 2. The number of piperazine rings is 1. The minimum atomic E-state index is -0.253. The molecule has 2 heterocycles. The number of rotatable bonds is 14. The Morgan fingerprint density at radius 3 is 1.65 bits per heavy atom. The van der Waals surface area contributed by atoms with Gasteiger partial charge >= 0.3 is 0 Å². The Labute approximate surface area is 281 Å². The van der Waals surface area contributed by atoms with E-state index in [9.17, 15) is 9.59 Å². The molecule has 1 atom stereocenters. The summed E-state index contributed by atoms with van der Waals surface area (Å²) in [5.41, 5.74) is 1.64. The molecule has 12 nitrogen and oxygen atoms in total. The minimum Gasteiger partial charge on any atom is -0.493 e. The standard InChI is InChI=1S/C36H42N4O8/c1-43-29-19-26(20-30(44-2)35(29)47-5)11-7-9-13-33(41)39-17-18-40(28(24-39)23-38-16-15-37-25-38)34(42)14-10-8-12-27-21-31(45-3)36(48-6)32(22-27)46-4/h7-16,19-22,25,28H,17-18,23-24H2,1-6H3/b11-7+,12-8+,13-9+,14-10+. The van der Waals surface area contributed by atoms with E-state index in [2.05, 4.69) is 4.98 Å². The molecular formula is C36H42N4O8. The monoisotopic (exact) mass is 658 g/mol. The molecule has 0 saturated carbocycles. The maximum atomic E-state index is 13.4. The fraction of sp³-hybridized carbons (Fsp3) is 0.306. The van der Waals surface area contributed by atoms with E-state index in [1.807, 2.05) is 47.2 Å². The Morgan fingerprint density at radius 2 is 1.21 bits per heavy atom. The van der Waals surface area contributed by atoms with Gasteiger partial charge in [0.15, 0.2) is 23.0 Å². The van der Waals surface area contributed by atoms with Gasteiger partial charge in [0.25, 0.3) is 0 Å². The number of aromatic nitrogens is 2. The van der Waals surface area contributed by atoms with Gasteiger partial charge in [0, 0.05) is 50.7 Å². The molecule has 0 spiro atoms. The summed E-state index contributed by atoms with van der Waals surface area (Å²) in [6.07, 6.45) is 18.9. The lowest BCUT2D eigenvalue weighted by Gasteiger charge is -2.41. The molecule has 48 heavy (non-hydrogen) atoms. The van der Waals surface area contributed by atoms with Crippen LogP contribution in [0.3, 0.4) is 0 Å². The lowest BCUT2D eigenvalue weighted by molar-refractivity contribution is -0.137. The third-order valence-corrected chi connectivity index (χ3v) is 7.71. The van der Waals surface area contributed by atoms with Crippen molar-refractivity contribution in [3.8, 4) is 34.5 Å². The van der Waals surface area contributed by atoms with Crippen LogP contribution in [-0.2, 0) is 16.1 Å². The van der Waals surface area contributed by atoms with E-state index in [1.54, 1.807) is 89.3 Å². The van der Waals surface area contributed by atoms with Crippen molar-refractivity contribution in [2.24, 2.45) is 0 Å². The zero-order chi connectivity index (χ0) is 34.5. The van der Waals surface area contributed by atoms with E-state index in [-0.39, 0.29) is 17.9 Å². The van der Waals surface area contributed by atoms with E-state index in [4.69, 9.17) is 28.4 Å². The van der Waals surface area contributed by atoms with E-state index in [0.717, 1.165) is 11.1 Å². The van der Waals surface area contributed by atoms with Gasteiger partial charge in [0.05, 0.1) is 55.0 Å². The second-order valence-corrected chi connectivity index (χ2v) is 10.6. The molecule has 3 aromatic rings. The van der Waals surface area contributed by atoms with Gasteiger partial charge in [-0.05, 0) is 35.4 Å². The van der Waals surface area contributed by atoms with Gasteiger partial charge in [-0.3, -0.25) is 9.59 Å². The second-order valence-electron chi connectivity index (χ2n) is 10.6. The molecule has 0 aliphatic carbocycles. The van der Waals surface area contributed by atoms with Crippen LogP contribution in [0.4, 0.5) is 0 Å². The van der Waals surface area contributed by atoms with Crippen molar-refractivity contribution in [3.63, 3.8) is 0 Å². The smallest absolute Gasteiger partial charge is 0.246 e. The summed E-state index contributed by atoms with van der Waals surface area (Å²) in [6, 6.07) is 7.03. The van der Waals surface area contributed by atoms with Crippen molar-refractivity contribution in [1.29, 1.82) is 0 Å². The average Bonchev–Trinajstić information content (AvgIpc) is 3.63. The van der Waals surface area contributed by atoms with E-state index in [1.165, 1.54) is 12.2 Å². The molecular weight excluding hydrogens is 616 g/mol. The summed E-state index contributed by atoms with van der Waals surface area (Å²) in [4.78, 5) is 34.2. The summed E-state index contributed by atoms with van der Waals surface area (Å²) in [7, 11) is 9.34. The highest BCUT2D eigenvalue weighted by Crippen LogP contribution is 2.39. The summed E-state index contributed by atoms with van der Waals surface area (Å²) in [5.74, 6) is 2.88. The molecule has 254 valence electrons. The molecule has 4 rings (SSSR count). The predicted octanol–water partition coefficient (Wildman–Crippen LogP) is 4.51. The maximum Gasteiger partial charge on any atom is 0.246 e. The van der Waals surface area contributed by atoms with Crippen LogP contribution in [0.1, 0.15) is 11.1 Å². The lowest BCUT2D eigenvalue weighted by Crippen LogP contribution is -2.57. The molecule has 2 aromatic carbocycles. The van der Waals surface area contributed by atoms with E-state index < -0.39 is 0 Å². The van der Waals surface area contributed by atoms with Gasteiger partial charge in [-0.15, -0.1) is 0 Å². The van der Waals surface area contributed by atoms with Crippen LogP contribution in [0.5, 0.6) is 34.5 Å². The van der Waals surface area contributed by atoms with Gasteiger partial charge in [-0.2, -0.15) is 0 Å². The van der Waals surface area contributed by atoms with Gasteiger partial charge in [0.1, 0.15) is 0 Å². The third kappa shape index (κ3) is 8.78. The number of hydrogen-bond donors (Lipinski definition) is 0. The summed E-state index contributed by atoms with van der Waals surface area (Å²) >= 11 is 0. The first-order chi connectivity index (χ1) is 23.3. The minimum absolute atomic E-state index is 0.143. The SMILES string of the molecule is COc1cc(/C=C/C=C/C(=O)N2CCN(C(=O)/C=C/C=C/c3cc(OC)c(OC)c(OC)c3)C(Cn3ccnc3)C2)cc(OC)c1OC. The predicted molar refractivity (Wildman–Crippen MR) is 183 cm³/mol. The molecule has 1 aliphatic rings. The average molecular weight is 659 g/mol. The summed E-state index contributed by atoms with van der Waals surface area (Å²) in [5, 5.41) is 0. The van der Waals surface area contributed by atoms with Crippen LogP contribution >= 0.6 is 0 Å². The van der Waals surface area contributed by atoms with Crippen molar-refractivity contribution in [3.05, 3.63) is 90.6 Å². The van der Waals surface area contributed by atoms with Crippen molar-refractivity contribution in [1.82, 2.24) is 19.4 Å². The zero-order valence-corrected chi connectivity index (χ0v) is 28.1. The number of nitrogens with zero attached hydrogens (tertiary/aromatic N) is 4. The van der Waals surface area contributed by atoms with Crippen molar-refractivity contribution < 1.29 is 38.0 Å². The number of methoxy groups -OCH3 is 6. The molecule has 1 aliphatic heterocycles. The van der Waals surface area contributed by atoms with Crippen LogP contribution in [-0.4, -0.2) is 99.5 Å². The largest absolute Gasteiger partial charge is 0.493 e. The number of hydrogen-bond acceptors (Lipinski definition) is 9. The zero-order valence-electron chi connectivity index (χ0n) is 28.1. The van der Waals surface area contributed by atoms with Gasteiger partial charge in [0.2, 0.25) is 23.3 Å². The van der Waals surface area contributed by atoms with Gasteiger partial charge in [-0.1, -0.05) is 36.5 Å². The Hall–Kier alpha value is -5.65. The molecule has 1 unspecified atom stereocenters. The summed E-state index contributed by atoms with van der Waals surface area (Å²) in [6.45, 7) is 1.66. The Balaban J connectivity index is 1.42. The Kier molecular flexibility index (Phi) is 12.7. The first kappa shape index (κ1) is 35.2. The topological polar surface area (TPSA) is 114 Å². The molecule has 0 N–H and O–H groups in total. The third-order valence-electron chi connectivity index (χ3n) is 7.71. The van der Waals surface area contributed by atoms with Gasteiger partial charge < -0.3 is 42.8 Å². The normalized spacial score (nSPS) is 15.1. The van der Waals surface area contributed by atoms with Crippen LogP contribution in [0.25, 0.3) is 12.2 Å². The van der Waals surface area contributed by atoms with Crippen LogP contribution in [0.15, 0.2) is 79.4 Å². The number of allylic oxidation sites excluding steroid dienone is 4. The highest BCUT2D eigenvalue weighted by atomic mass is 16.5. The van der Waals surface area contributed by atoms with Gasteiger partial charge in [-0.25, -0.2) is 4.98 Å². The summed E-state index contributed by atoms with van der Waals surface area (Å²) < 4.78 is 34.3. The van der Waals surface area contributed by atoms with Crippen LogP contribution < -0.4 is 28.4 Å². The number of carbonyl (C=O) groups is 2. The maximum absolute atomic E-state index is 13.4. The Bertz CT molecular complexity index is 1610. The van der Waals surface area contributed by atoms with Crippen molar-refractivity contribution in [2.45, 2.75) is 12.6 Å². The molecule has 12 heteroatoms. The van der Waals surface area contributed by atoms with Crippen molar-refractivity contribution in [2.75, 3.05) is 62.3 Å². The fourth-order valence-electron chi connectivity index (χ4n) is 5.35. The van der Waals surface area contributed by atoms with E-state index >= 15 is 0 Å². The number of amides is 2. The Morgan fingerprint density at radius 1 is 0.708 bits per heavy atom. The van der Waals surface area contributed by atoms with E-state index in [0.29, 0.717) is 60.7 Å². The molecule has 0 radical (unpaired) electrons. The highest BCUT2D eigenvalue weighted by Gasteiger charge is 2.31. The van der Waals surface area contributed by atoms with Crippen LogP contribution in [0.2, 0.25) is 0 Å². The highest BCUT2D eigenvalue weighted by molar-refractivity contribution is 5.90. The fourth-order valence-corrected chi connectivity index (χ4v) is 5.35. The molecule has 0 bridgehead atoms. The first-order valence-electron chi connectivity index (χ1n) is 15.2. The molecule has 1 fully saturated rings. The molecule has 1 saturated heterocycles.